The molecule has 0 aliphatic rings. The normalized spacial score (nSPS) is 12.2. The Kier molecular flexibility index (Phi) is 10.9. The molecule has 3 aromatic carbocycles. The number of sulfonamides is 1. The maximum Gasteiger partial charge on any atom is 0.244 e. The van der Waals surface area contributed by atoms with E-state index in [9.17, 15) is 18.0 Å². The Labute approximate surface area is 251 Å². The molecule has 7 nitrogen and oxygen atoms in total. The van der Waals surface area contributed by atoms with Crippen LogP contribution in [0.25, 0.3) is 0 Å². The van der Waals surface area contributed by atoms with Gasteiger partial charge >= 0.3 is 0 Å². The summed E-state index contributed by atoms with van der Waals surface area (Å²) in [6, 6.07) is 17.9. The van der Waals surface area contributed by atoms with Gasteiger partial charge < -0.3 is 10.2 Å². The summed E-state index contributed by atoms with van der Waals surface area (Å²) in [6.45, 7) is 4.73. The summed E-state index contributed by atoms with van der Waals surface area (Å²) in [5, 5.41) is 4.01. The molecule has 1 atom stereocenters. The first kappa shape index (κ1) is 31.7. The second-order valence-corrected chi connectivity index (χ2v) is 12.9. The minimum atomic E-state index is -3.91. The Balaban J connectivity index is 2.11. The summed E-state index contributed by atoms with van der Waals surface area (Å²) in [5.74, 6) is -0.960. The van der Waals surface area contributed by atoms with Crippen LogP contribution in [0.5, 0.6) is 0 Å². The Morgan fingerprint density at radius 1 is 0.925 bits per heavy atom. The van der Waals surface area contributed by atoms with E-state index in [0.29, 0.717) is 26.2 Å². The topological polar surface area (TPSA) is 86.8 Å². The standard InChI is InChI=1S/C29H32Cl3N3O4S/c1-19(2)33-29(37)27(15-21-9-6-5-7-10-21)34(17-22-13-14-23(30)16-25(22)32)28(36)18-35(40(4,38)39)26-12-8-11-24(31)20(26)3/h5-14,16,19,27H,15,17-18H2,1-4H3,(H,33,37). The molecule has 3 aromatic rings. The van der Waals surface area contributed by atoms with Gasteiger partial charge in [-0.1, -0.05) is 77.3 Å². The maximum atomic E-state index is 14.1. The van der Waals surface area contributed by atoms with Crippen LogP contribution >= 0.6 is 34.8 Å². The number of nitrogens with zero attached hydrogens (tertiary/aromatic N) is 2. The molecule has 0 aromatic heterocycles. The van der Waals surface area contributed by atoms with Crippen LogP contribution in [0.15, 0.2) is 66.7 Å². The Morgan fingerprint density at radius 2 is 1.60 bits per heavy atom. The number of nitrogens with one attached hydrogen (secondary N) is 1. The van der Waals surface area contributed by atoms with E-state index in [1.807, 2.05) is 44.2 Å². The Morgan fingerprint density at radius 3 is 2.20 bits per heavy atom. The SMILES string of the molecule is Cc1c(Cl)cccc1N(CC(=O)N(Cc1ccc(Cl)cc1Cl)C(Cc1ccccc1)C(=O)NC(C)C)S(C)(=O)=O. The van der Waals surface area contributed by atoms with E-state index in [2.05, 4.69) is 5.32 Å². The molecule has 0 saturated heterocycles. The first-order valence-corrected chi connectivity index (χ1v) is 15.6. The summed E-state index contributed by atoms with van der Waals surface area (Å²) in [5.41, 5.74) is 2.17. The van der Waals surface area contributed by atoms with Crippen molar-refractivity contribution in [2.24, 2.45) is 0 Å². The monoisotopic (exact) mass is 623 g/mol. The van der Waals surface area contributed by atoms with Gasteiger partial charge in [-0.15, -0.1) is 0 Å². The molecule has 0 fully saturated rings. The number of amides is 2. The molecule has 0 spiro atoms. The lowest BCUT2D eigenvalue weighted by atomic mass is 10.0. The van der Waals surface area contributed by atoms with Crippen molar-refractivity contribution in [2.45, 2.75) is 45.8 Å². The highest BCUT2D eigenvalue weighted by Crippen LogP contribution is 2.29. The van der Waals surface area contributed by atoms with Crippen molar-refractivity contribution < 1.29 is 18.0 Å². The number of anilines is 1. The molecule has 1 N–H and O–H groups in total. The average Bonchev–Trinajstić information content (AvgIpc) is 2.87. The minimum Gasteiger partial charge on any atom is -0.352 e. The Bertz CT molecular complexity index is 1470. The van der Waals surface area contributed by atoms with Gasteiger partial charge in [-0.25, -0.2) is 8.42 Å². The van der Waals surface area contributed by atoms with Gasteiger partial charge in [0.05, 0.1) is 11.9 Å². The first-order valence-electron chi connectivity index (χ1n) is 12.6. The minimum absolute atomic E-state index is 0.0516. The van der Waals surface area contributed by atoms with Crippen LogP contribution in [0, 0.1) is 6.92 Å². The number of halogens is 3. The summed E-state index contributed by atoms with van der Waals surface area (Å²) in [7, 11) is -3.91. The quantitative estimate of drug-likeness (QED) is 0.289. The molecule has 1 unspecified atom stereocenters. The molecule has 40 heavy (non-hydrogen) atoms. The zero-order valence-corrected chi connectivity index (χ0v) is 25.8. The highest BCUT2D eigenvalue weighted by molar-refractivity contribution is 7.92. The van der Waals surface area contributed by atoms with E-state index in [1.165, 1.54) is 4.90 Å². The molecule has 214 valence electrons. The van der Waals surface area contributed by atoms with Crippen molar-refractivity contribution in [2.75, 3.05) is 17.1 Å². The van der Waals surface area contributed by atoms with Crippen LogP contribution in [0.2, 0.25) is 15.1 Å². The molecule has 0 aliphatic heterocycles. The third-order valence-electron chi connectivity index (χ3n) is 6.24. The fourth-order valence-electron chi connectivity index (χ4n) is 4.23. The molecular formula is C29H32Cl3N3O4S. The van der Waals surface area contributed by atoms with E-state index in [0.717, 1.165) is 16.1 Å². The lowest BCUT2D eigenvalue weighted by molar-refractivity contribution is -0.140. The van der Waals surface area contributed by atoms with E-state index >= 15 is 0 Å². The van der Waals surface area contributed by atoms with Crippen LogP contribution in [-0.2, 0) is 32.6 Å². The van der Waals surface area contributed by atoms with Gasteiger partial charge in [0.1, 0.15) is 12.6 Å². The molecule has 0 heterocycles. The zero-order valence-electron chi connectivity index (χ0n) is 22.7. The number of carbonyl (C=O) groups excluding carboxylic acids is 2. The van der Waals surface area contributed by atoms with Crippen LogP contribution in [0.3, 0.4) is 0 Å². The number of carbonyl (C=O) groups is 2. The van der Waals surface area contributed by atoms with Gasteiger partial charge in [0, 0.05) is 34.1 Å². The van der Waals surface area contributed by atoms with E-state index in [4.69, 9.17) is 34.8 Å². The second-order valence-electron chi connectivity index (χ2n) is 9.78. The fraction of sp³-hybridized carbons (Fsp3) is 0.310. The van der Waals surface area contributed by atoms with Gasteiger partial charge in [0.2, 0.25) is 21.8 Å². The van der Waals surface area contributed by atoms with Crippen LogP contribution in [0.1, 0.15) is 30.5 Å². The van der Waals surface area contributed by atoms with Crippen molar-refractivity contribution in [3.05, 3.63) is 98.5 Å². The third-order valence-corrected chi connectivity index (χ3v) is 8.37. The zero-order chi connectivity index (χ0) is 29.6. The first-order chi connectivity index (χ1) is 18.8. The summed E-state index contributed by atoms with van der Waals surface area (Å²) in [6.07, 6.45) is 1.22. The lowest BCUT2D eigenvalue weighted by Crippen LogP contribution is -2.54. The van der Waals surface area contributed by atoms with Gasteiger partial charge in [0.25, 0.3) is 0 Å². The molecule has 0 bridgehead atoms. The fourth-order valence-corrected chi connectivity index (χ4v) is 5.77. The van der Waals surface area contributed by atoms with Crippen molar-refractivity contribution in [3.63, 3.8) is 0 Å². The van der Waals surface area contributed by atoms with Crippen LogP contribution < -0.4 is 9.62 Å². The molecule has 3 rings (SSSR count). The molecule has 0 saturated carbocycles. The summed E-state index contributed by atoms with van der Waals surface area (Å²) < 4.78 is 26.9. The van der Waals surface area contributed by atoms with Gasteiger partial charge in [-0.3, -0.25) is 13.9 Å². The number of hydrogen-bond acceptors (Lipinski definition) is 4. The Hall–Kier alpha value is -2.78. The third kappa shape index (κ3) is 8.36. The molecular weight excluding hydrogens is 593 g/mol. The molecule has 0 radical (unpaired) electrons. The number of benzene rings is 3. The van der Waals surface area contributed by atoms with E-state index in [1.54, 1.807) is 43.3 Å². The van der Waals surface area contributed by atoms with Crippen LogP contribution in [-0.4, -0.2) is 50.0 Å². The second kappa shape index (κ2) is 13.7. The average molecular weight is 625 g/mol. The van der Waals surface area contributed by atoms with E-state index < -0.39 is 28.5 Å². The lowest BCUT2D eigenvalue weighted by Gasteiger charge is -2.34. The molecule has 2 amide bonds. The number of rotatable bonds is 11. The summed E-state index contributed by atoms with van der Waals surface area (Å²) in [4.78, 5) is 29.1. The van der Waals surface area contributed by atoms with Crippen molar-refractivity contribution in [1.82, 2.24) is 10.2 Å². The smallest absolute Gasteiger partial charge is 0.244 e. The van der Waals surface area contributed by atoms with E-state index in [-0.39, 0.29) is 30.6 Å². The van der Waals surface area contributed by atoms with Crippen molar-refractivity contribution >= 4 is 62.3 Å². The van der Waals surface area contributed by atoms with Gasteiger partial charge in [-0.05, 0) is 61.7 Å². The largest absolute Gasteiger partial charge is 0.352 e. The maximum absolute atomic E-state index is 14.1. The highest BCUT2D eigenvalue weighted by atomic mass is 35.5. The van der Waals surface area contributed by atoms with Crippen molar-refractivity contribution in [3.8, 4) is 0 Å². The van der Waals surface area contributed by atoms with Gasteiger partial charge in [0.15, 0.2) is 0 Å². The molecule has 11 heteroatoms. The van der Waals surface area contributed by atoms with Crippen molar-refractivity contribution in [1.29, 1.82) is 0 Å². The highest BCUT2D eigenvalue weighted by Gasteiger charge is 2.34. The predicted octanol–water partition coefficient (Wildman–Crippen LogP) is 5.89. The summed E-state index contributed by atoms with van der Waals surface area (Å²) >= 11 is 18.9. The molecule has 0 aliphatic carbocycles. The predicted molar refractivity (Wildman–Crippen MR) is 163 cm³/mol. The number of hydrogen-bond donors (Lipinski definition) is 1. The van der Waals surface area contributed by atoms with Gasteiger partial charge in [-0.2, -0.15) is 0 Å². The van der Waals surface area contributed by atoms with Crippen LogP contribution in [0.4, 0.5) is 5.69 Å².